The molecule has 0 radical (unpaired) electrons. The van der Waals surface area contributed by atoms with E-state index in [1.165, 1.54) is 12.8 Å². The van der Waals surface area contributed by atoms with Crippen LogP contribution in [0.3, 0.4) is 0 Å². The van der Waals surface area contributed by atoms with E-state index in [0.717, 1.165) is 24.5 Å². The Morgan fingerprint density at radius 2 is 1.25 bits per heavy atom. The number of nitrogens with two attached hydrogens (primary N) is 2. The number of rotatable bonds is 5. The molecule has 0 aliphatic heterocycles. The first-order valence-corrected chi connectivity index (χ1v) is 5.21. The second-order valence-corrected chi connectivity index (χ2v) is 2.98. The molecule has 12 heavy (non-hydrogen) atoms. The maximum Gasteiger partial charge on any atom is 0.00255 e. The lowest BCUT2D eigenvalue weighted by Gasteiger charge is -1.90. The summed E-state index contributed by atoms with van der Waals surface area (Å²) in [6, 6.07) is 0. The molecule has 4 N–H and O–H groups in total. The Kier molecular flexibility index (Phi) is 35.2. The van der Waals surface area contributed by atoms with E-state index in [1.54, 1.807) is 0 Å². The average molecular weight is 233 g/mol. The van der Waals surface area contributed by atoms with E-state index in [1.807, 2.05) is 0 Å². The summed E-state index contributed by atoms with van der Waals surface area (Å²) in [5.41, 5.74) is 10.2. The van der Waals surface area contributed by atoms with E-state index in [2.05, 4.69) is 25.3 Å². The molecule has 0 aliphatic carbocycles. The van der Waals surface area contributed by atoms with Gasteiger partial charge in [0, 0.05) is 12.3 Å². The quantitative estimate of drug-likeness (QED) is 0.427. The molecule has 0 amide bonds. The molecular formula is C7H21ClN2S2. The van der Waals surface area contributed by atoms with Gasteiger partial charge < -0.3 is 11.5 Å². The topological polar surface area (TPSA) is 52.0 Å². The van der Waals surface area contributed by atoms with Crippen LogP contribution in [0.25, 0.3) is 0 Å². The fraction of sp³-hybridized carbons (Fsp3) is 1.00. The normalized spacial score (nSPS) is 8.00. The molecular weight excluding hydrogens is 212 g/mol. The van der Waals surface area contributed by atoms with Crippen LogP contribution in [0.1, 0.15) is 19.3 Å². The standard InChI is InChI=1S/C5H13NS.C2H7NS.ClH/c6-4-2-1-3-5-7;3-1-2-4;/h7H,1-6H2;4H,1-3H2;1H. The second kappa shape index (κ2) is 22.7. The van der Waals surface area contributed by atoms with Crippen molar-refractivity contribution in [1.82, 2.24) is 0 Å². The summed E-state index contributed by atoms with van der Waals surface area (Å²) in [5.74, 6) is 1.79. The molecule has 0 bridgehead atoms. The average Bonchev–Trinajstić information content (AvgIpc) is 2.06. The summed E-state index contributed by atoms with van der Waals surface area (Å²) in [4.78, 5) is 0. The first-order valence-electron chi connectivity index (χ1n) is 3.95. The van der Waals surface area contributed by atoms with Crippen LogP contribution >= 0.6 is 37.7 Å². The Morgan fingerprint density at radius 3 is 1.50 bits per heavy atom. The molecule has 0 fully saturated rings. The monoisotopic (exact) mass is 232 g/mol. The lowest BCUT2D eigenvalue weighted by molar-refractivity contribution is 0.733. The van der Waals surface area contributed by atoms with Crippen molar-refractivity contribution >= 4 is 37.7 Å². The number of hydrogen-bond acceptors (Lipinski definition) is 4. The van der Waals surface area contributed by atoms with Gasteiger partial charge in [0.05, 0.1) is 0 Å². The van der Waals surface area contributed by atoms with Crippen molar-refractivity contribution in [3.05, 3.63) is 0 Å². The molecule has 5 heteroatoms. The molecule has 0 atom stereocenters. The molecule has 0 spiro atoms. The summed E-state index contributed by atoms with van der Waals surface area (Å²) >= 11 is 7.85. The van der Waals surface area contributed by atoms with Crippen molar-refractivity contribution in [1.29, 1.82) is 0 Å². The van der Waals surface area contributed by atoms with Crippen LogP contribution in [0.2, 0.25) is 0 Å². The molecule has 0 aromatic carbocycles. The Hall–Kier alpha value is 0.910. The molecule has 0 aromatic heterocycles. The van der Waals surface area contributed by atoms with E-state index >= 15 is 0 Å². The smallest absolute Gasteiger partial charge is 0.00255 e. The number of unbranched alkanes of at least 4 members (excludes halogenated alkanes) is 2. The van der Waals surface area contributed by atoms with Crippen LogP contribution in [0.5, 0.6) is 0 Å². The molecule has 0 heterocycles. The Morgan fingerprint density at radius 1 is 0.750 bits per heavy atom. The van der Waals surface area contributed by atoms with Gasteiger partial charge in [0.2, 0.25) is 0 Å². The van der Waals surface area contributed by atoms with E-state index in [9.17, 15) is 0 Å². The molecule has 0 saturated carbocycles. The zero-order valence-corrected chi connectivity index (χ0v) is 10.0. The zero-order chi connectivity index (χ0) is 8.95. The van der Waals surface area contributed by atoms with Crippen LogP contribution < -0.4 is 11.5 Å². The van der Waals surface area contributed by atoms with Gasteiger partial charge in [-0.1, -0.05) is 6.42 Å². The van der Waals surface area contributed by atoms with Gasteiger partial charge in [-0.2, -0.15) is 25.3 Å². The maximum absolute atomic E-state index is 5.24. The summed E-state index contributed by atoms with van der Waals surface area (Å²) in [7, 11) is 0. The second-order valence-electron chi connectivity index (χ2n) is 2.09. The predicted octanol–water partition coefficient (Wildman–Crippen LogP) is 1.34. The first-order chi connectivity index (χ1) is 5.33. The molecule has 0 saturated heterocycles. The first kappa shape index (κ1) is 18.6. The summed E-state index contributed by atoms with van der Waals surface area (Å²) < 4.78 is 0. The minimum atomic E-state index is 0. The van der Waals surface area contributed by atoms with Crippen LogP contribution in [0.15, 0.2) is 0 Å². The van der Waals surface area contributed by atoms with Crippen LogP contribution in [-0.2, 0) is 0 Å². The van der Waals surface area contributed by atoms with Crippen molar-refractivity contribution < 1.29 is 0 Å². The Labute approximate surface area is 93.1 Å². The Bertz CT molecular complexity index is 52.7. The SMILES string of the molecule is Cl.NCCCCCS.NCCS. The minimum absolute atomic E-state index is 0. The van der Waals surface area contributed by atoms with E-state index in [4.69, 9.17) is 11.5 Å². The molecule has 0 aromatic rings. The summed E-state index contributed by atoms with van der Waals surface area (Å²) in [6.07, 6.45) is 3.60. The molecule has 0 rings (SSSR count). The van der Waals surface area contributed by atoms with Gasteiger partial charge in [0.25, 0.3) is 0 Å². The third kappa shape index (κ3) is 30.7. The van der Waals surface area contributed by atoms with E-state index in [-0.39, 0.29) is 12.4 Å². The van der Waals surface area contributed by atoms with Gasteiger partial charge in [0.1, 0.15) is 0 Å². The highest BCUT2D eigenvalue weighted by Gasteiger charge is 1.80. The maximum atomic E-state index is 5.24. The highest BCUT2D eigenvalue weighted by atomic mass is 35.5. The van der Waals surface area contributed by atoms with Gasteiger partial charge in [-0.05, 0) is 25.1 Å². The lowest BCUT2D eigenvalue weighted by atomic mass is 10.2. The fourth-order valence-electron chi connectivity index (χ4n) is 0.433. The molecule has 78 valence electrons. The number of thiol groups is 2. The van der Waals surface area contributed by atoms with Crippen molar-refractivity contribution in [3.8, 4) is 0 Å². The number of hydrogen-bond donors (Lipinski definition) is 4. The zero-order valence-electron chi connectivity index (χ0n) is 7.41. The fourth-order valence-corrected chi connectivity index (χ4v) is 0.657. The van der Waals surface area contributed by atoms with Crippen molar-refractivity contribution in [3.63, 3.8) is 0 Å². The van der Waals surface area contributed by atoms with Gasteiger partial charge in [0.15, 0.2) is 0 Å². The third-order valence-corrected chi connectivity index (χ3v) is 1.57. The van der Waals surface area contributed by atoms with Crippen molar-refractivity contribution in [2.75, 3.05) is 24.6 Å². The lowest BCUT2D eigenvalue weighted by Crippen LogP contribution is -1.97. The van der Waals surface area contributed by atoms with Crippen molar-refractivity contribution in [2.45, 2.75) is 19.3 Å². The summed E-state index contributed by atoms with van der Waals surface area (Å²) in [5, 5.41) is 0. The van der Waals surface area contributed by atoms with Crippen molar-refractivity contribution in [2.24, 2.45) is 11.5 Å². The van der Waals surface area contributed by atoms with Gasteiger partial charge in [-0.15, -0.1) is 12.4 Å². The summed E-state index contributed by atoms with van der Waals surface area (Å²) in [6.45, 7) is 1.51. The van der Waals surface area contributed by atoms with E-state index < -0.39 is 0 Å². The third-order valence-electron chi connectivity index (χ3n) is 0.991. The van der Waals surface area contributed by atoms with Crippen LogP contribution in [0, 0.1) is 0 Å². The van der Waals surface area contributed by atoms with Crippen LogP contribution in [-0.4, -0.2) is 24.6 Å². The highest BCUT2D eigenvalue weighted by Crippen LogP contribution is 1.93. The molecule has 2 nitrogen and oxygen atoms in total. The molecule has 0 aliphatic rings. The largest absolute Gasteiger partial charge is 0.330 e. The van der Waals surface area contributed by atoms with Gasteiger partial charge in [-0.25, -0.2) is 0 Å². The Balaban J connectivity index is -0.000000142. The van der Waals surface area contributed by atoms with E-state index in [0.29, 0.717) is 6.54 Å². The molecule has 0 unspecified atom stereocenters. The van der Waals surface area contributed by atoms with Gasteiger partial charge >= 0.3 is 0 Å². The number of halogens is 1. The van der Waals surface area contributed by atoms with Crippen LogP contribution in [0.4, 0.5) is 0 Å². The predicted molar refractivity (Wildman–Crippen MR) is 66.9 cm³/mol. The highest BCUT2D eigenvalue weighted by molar-refractivity contribution is 7.80. The minimum Gasteiger partial charge on any atom is -0.330 e. The van der Waals surface area contributed by atoms with Gasteiger partial charge in [-0.3, -0.25) is 0 Å².